The molecule has 4 nitrogen and oxygen atoms in total. The zero-order valence-electron chi connectivity index (χ0n) is 30.9. The third-order valence-corrected chi connectivity index (χ3v) is 11.0. The van der Waals surface area contributed by atoms with Crippen molar-refractivity contribution in [1.29, 1.82) is 0 Å². The van der Waals surface area contributed by atoms with Crippen LogP contribution in [0.15, 0.2) is 206 Å². The number of aromatic nitrogens is 4. The van der Waals surface area contributed by atoms with E-state index in [0.717, 1.165) is 105 Å². The van der Waals surface area contributed by atoms with Crippen molar-refractivity contribution >= 4 is 38.1 Å². The van der Waals surface area contributed by atoms with Gasteiger partial charge in [0, 0.05) is 44.0 Å². The van der Waals surface area contributed by atoms with E-state index in [0.29, 0.717) is 0 Å². The quantitative estimate of drug-likeness (QED) is 0.160. The van der Waals surface area contributed by atoms with Gasteiger partial charge in [-0.05, 0) is 46.3 Å². The molecule has 0 bridgehead atoms. The molecular formula is C53H34N4. The monoisotopic (exact) mass is 726 g/mol. The summed E-state index contributed by atoms with van der Waals surface area (Å²) in [4.78, 5) is 10.3. The fourth-order valence-corrected chi connectivity index (χ4v) is 8.14. The van der Waals surface area contributed by atoms with Crippen LogP contribution >= 0.6 is 0 Å². The van der Waals surface area contributed by atoms with Crippen molar-refractivity contribution in [2.75, 3.05) is 0 Å². The summed E-state index contributed by atoms with van der Waals surface area (Å²) in [5.74, 6) is 0. The minimum atomic E-state index is 0.908. The molecule has 0 spiro atoms. The van der Waals surface area contributed by atoms with Crippen LogP contribution in [0.5, 0.6) is 0 Å². The molecule has 266 valence electrons. The average molecular weight is 727 g/mol. The second-order valence-electron chi connectivity index (χ2n) is 14.5. The Balaban J connectivity index is 1.05. The van der Waals surface area contributed by atoms with Gasteiger partial charge in [0.25, 0.3) is 0 Å². The van der Waals surface area contributed by atoms with Crippen LogP contribution in [0.4, 0.5) is 0 Å². The number of rotatable bonds is 6. The van der Waals surface area contributed by atoms with E-state index in [1.54, 1.807) is 0 Å². The maximum atomic E-state index is 5.40. The van der Waals surface area contributed by atoms with Crippen molar-refractivity contribution in [1.82, 2.24) is 19.6 Å². The molecule has 0 saturated carbocycles. The summed E-state index contributed by atoms with van der Waals surface area (Å²) in [5, 5.41) is 9.86. The van der Waals surface area contributed by atoms with Crippen LogP contribution in [0.2, 0.25) is 0 Å². The summed E-state index contributed by atoms with van der Waals surface area (Å²) in [7, 11) is 0. The lowest BCUT2D eigenvalue weighted by atomic mass is 9.94. The van der Waals surface area contributed by atoms with Gasteiger partial charge in [-0.1, -0.05) is 182 Å². The summed E-state index contributed by atoms with van der Waals surface area (Å²) in [6.07, 6.45) is 0. The van der Waals surface area contributed by atoms with Crippen LogP contribution in [0.1, 0.15) is 0 Å². The molecule has 0 radical (unpaired) electrons. The molecule has 11 rings (SSSR count). The highest BCUT2D eigenvalue weighted by atomic mass is 15.2. The normalized spacial score (nSPS) is 11.5. The van der Waals surface area contributed by atoms with Crippen LogP contribution < -0.4 is 0 Å². The first-order valence-corrected chi connectivity index (χ1v) is 19.3. The Kier molecular flexibility index (Phi) is 7.78. The molecule has 0 aliphatic carbocycles. The minimum Gasteiger partial charge on any atom is -0.245 e. The van der Waals surface area contributed by atoms with Gasteiger partial charge in [0.05, 0.1) is 33.6 Å². The summed E-state index contributed by atoms with van der Waals surface area (Å²) >= 11 is 0. The van der Waals surface area contributed by atoms with Crippen molar-refractivity contribution < 1.29 is 0 Å². The van der Waals surface area contributed by atoms with Gasteiger partial charge < -0.3 is 0 Å². The first kappa shape index (κ1) is 32.7. The highest BCUT2D eigenvalue weighted by molar-refractivity contribution is 6.10. The molecule has 0 N–H and O–H groups in total. The lowest BCUT2D eigenvalue weighted by Crippen LogP contribution is -1.96. The molecule has 0 unspecified atom stereocenters. The van der Waals surface area contributed by atoms with E-state index < -0.39 is 0 Å². The largest absolute Gasteiger partial charge is 0.245 e. The van der Waals surface area contributed by atoms with Gasteiger partial charge in [-0.25, -0.2) is 14.5 Å². The number of pyridine rings is 3. The van der Waals surface area contributed by atoms with Crippen molar-refractivity contribution in [3.63, 3.8) is 0 Å². The number of hydrogen-bond acceptors (Lipinski definition) is 3. The highest BCUT2D eigenvalue weighted by Crippen LogP contribution is 2.42. The fourth-order valence-electron chi connectivity index (χ4n) is 8.14. The average Bonchev–Trinajstić information content (AvgIpc) is 3.71. The molecule has 4 heteroatoms. The first-order chi connectivity index (χ1) is 28.2. The van der Waals surface area contributed by atoms with Gasteiger partial charge in [0.1, 0.15) is 5.69 Å². The van der Waals surface area contributed by atoms with Gasteiger partial charge in [0.2, 0.25) is 0 Å². The second-order valence-corrected chi connectivity index (χ2v) is 14.5. The maximum Gasteiger partial charge on any atom is 0.101 e. The number of nitrogens with zero attached hydrogens (tertiary/aromatic N) is 4. The molecule has 0 aliphatic rings. The molecule has 11 aromatic rings. The molecule has 0 amide bonds. The van der Waals surface area contributed by atoms with Crippen molar-refractivity contribution in [2.45, 2.75) is 0 Å². The highest BCUT2D eigenvalue weighted by Gasteiger charge is 2.22. The SMILES string of the molecule is c1ccc(-c2ccc3ccc4ccc(-c5ccc(-c6ccc7cc(-c8ccccc8)n8nc(-c9ccccc9)c(-c9ccccc9)c8c7c6)cc5)nc4c3n2)cc1. The van der Waals surface area contributed by atoms with E-state index in [-0.39, 0.29) is 0 Å². The molecule has 0 fully saturated rings. The second kappa shape index (κ2) is 13.6. The summed E-state index contributed by atoms with van der Waals surface area (Å²) in [6.45, 7) is 0. The summed E-state index contributed by atoms with van der Waals surface area (Å²) in [6, 6.07) is 72.7. The van der Waals surface area contributed by atoms with Crippen LogP contribution in [-0.2, 0) is 0 Å². The Labute approximate surface area is 330 Å². The Morgan fingerprint density at radius 2 is 0.789 bits per heavy atom. The lowest BCUT2D eigenvalue weighted by molar-refractivity contribution is 0.979. The summed E-state index contributed by atoms with van der Waals surface area (Å²) < 4.78 is 2.15. The van der Waals surface area contributed by atoms with Gasteiger partial charge in [-0.15, -0.1) is 0 Å². The number of hydrogen-bond donors (Lipinski definition) is 0. The minimum absolute atomic E-state index is 0.908. The molecule has 0 aliphatic heterocycles. The molecule has 4 aromatic heterocycles. The first-order valence-electron chi connectivity index (χ1n) is 19.3. The van der Waals surface area contributed by atoms with Crippen molar-refractivity contribution in [2.24, 2.45) is 0 Å². The van der Waals surface area contributed by atoms with E-state index in [1.807, 2.05) is 18.2 Å². The third-order valence-electron chi connectivity index (χ3n) is 11.0. The Hall–Kier alpha value is -7.69. The van der Waals surface area contributed by atoms with Gasteiger partial charge in [-0.2, -0.15) is 5.10 Å². The van der Waals surface area contributed by atoms with E-state index in [4.69, 9.17) is 15.1 Å². The van der Waals surface area contributed by atoms with Crippen molar-refractivity contribution in [3.05, 3.63) is 206 Å². The molecule has 57 heavy (non-hydrogen) atoms. The smallest absolute Gasteiger partial charge is 0.101 e. The predicted octanol–water partition coefficient (Wildman–Crippen LogP) is 13.6. The fraction of sp³-hybridized carbons (Fsp3) is 0. The van der Waals surface area contributed by atoms with Crippen LogP contribution in [0.3, 0.4) is 0 Å². The van der Waals surface area contributed by atoms with Crippen molar-refractivity contribution in [3.8, 4) is 67.3 Å². The zero-order chi connectivity index (χ0) is 37.7. The zero-order valence-corrected chi connectivity index (χ0v) is 30.9. The molecule has 4 heterocycles. The molecule has 0 atom stereocenters. The van der Waals surface area contributed by atoms with Crippen LogP contribution in [-0.4, -0.2) is 19.6 Å². The van der Waals surface area contributed by atoms with Crippen LogP contribution in [0.25, 0.3) is 105 Å². The summed E-state index contributed by atoms with van der Waals surface area (Å²) in [5.41, 5.74) is 15.7. The topological polar surface area (TPSA) is 43.1 Å². The lowest BCUT2D eigenvalue weighted by Gasteiger charge is -2.12. The standard InChI is InChI=1S/C53H34N4/c1-5-13-36(14-6-1)46-31-29-41-25-26-42-30-32-47(55-52(42)51(41)54-46)37-23-21-35(22-24-37)43-27-28-44-34-48(38-15-7-2-8-16-38)57-53(45(44)33-43)49(39-17-9-3-10-18-39)50(56-57)40-19-11-4-12-20-40/h1-34H. The number of fused-ring (bicyclic) bond motifs is 6. The molecular weight excluding hydrogens is 693 g/mol. The van der Waals surface area contributed by atoms with E-state index in [1.165, 1.54) is 0 Å². The van der Waals surface area contributed by atoms with E-state index in [2.05, 4.69) is 193 Å². The van der Waals surface area contributed by atoms with E-state index >= 15 is 0 Å². The van der Waals surface area contributed by atoms with Crippen LogP contribution in [0, 0.1) is 0 Å². The predicted molar refractivity (Wildman–Crippen MR) is 236 cm³/mol. The van der Waals surface area contributed by atoms with Gasteiger partial charge in [0.15, 0.2) is 0 Å². The third kappa shape index (κ3) is 5.74. The molecule has 0 saturated heterocycles. The molecule has 7 aromatic carbocycles. The Bertz CT molecular complexity index is 3250. The van der Waals surface area contributed by atoms with Gasteiger partial charge >= 0.3 is 0 Å². The number of benzene rings is 7. The van der Waals surface area contributed by atoms with Gasteiger partial charge in [-0.3, -0.25) is 0 Å². The Morgan fingerprint density at radius 1 is 0.333 bits per heavy atom. The Morgan fingerprint density at radius 3 is 1.39 bits per heavy atom. The maximum absolute atomic E-state index is 5.40. The van der Waals surface area contributed by atoms with E-state index in [9.17, 15) is 0 Å².